The number of Topliss-reactive ketones (excluding diaryl/α,β-unsaturated/α-hetero) is 2. The number of primary amides is 1. The number of hydrogen-bond donors (Lipinski definition) is 5. The van der Waals surface area contributed by atoms with Gasteiger partial charge in [0, 0.05) is 17.9 Å². The first-order valence-electron chi connectivity index (χ1n) is 11.0. The molecule has 2 fully saturated rings. The molecule has 0 aromatic heterocycles. The molecule has 8 heteroatoms. The predicted octanol–water partition coefficient (Wildman–Crippen LogP) is 2.08. The van der Waals surface area contributed by atoms with Crippen LogP contribution >= 0.6 is 0 Å². The zero-order valence-electron chi connectivity index (χ0n) is 17.4. The number of carbonyl (C=O) groups is 3. The molecule has 6 N–H and O–H groups in total. The molecule has 3 atom stereocenters. The predicted molar refractivity (Wildman–Crippen MR) is 113 cm³/mol. The van der Waals surface area contributed by atoms with E-state index in [1.54, 1.807) is 0 Å². The summed E-state index contributed by atoms with van der Waals surface area (Å²) in [6.07, 6.45) is 4.47. The van der Waals surface area contributed by atoms with E-state index >= 15 is 0 Å². The van der Waals surface area contributed by atoms with Crippen molar-refractivity contribution >= 4 is 23.2 Å². The first-order chi connectivity index (χ1) is 15.2. The minimum Gasteiger partial charge on any atom is -0.508 e. The van der Waals surface area contributed by atoms with E-state index in [1.165, 1.54) is 6.07 Å². The van der Waals surface area contributed by atoms with Gasteiger partial charge < -0.3 is 26.2 Å². The molecule has 1 amide bonds. The summed E-state index contributed by atoms with van der Waals surface area (Å²) < 4.78 is 0. The normalized spacial score (nSPS) is 30.3. The number of aromatic hydroxyl groups is 1. The van der Waals surface area contributed by atoms with Gasteiger partial charge in [0.05, 0.1) is 5.56 Å². The van der Waals surface area contributed by atoms with Gasteiger partial charge in [-0.25, -0.2) is 0 Å². The summed E-state index contributed by atoms with van der Waals surface area (Å²) >= 11 is 0. The lowest BCUT2D eigenvalue weighted by atomic mass is 9.59. The van der Waals surface area contributed by atoms with Crippen LogP contribution in [0.4, 0.5) is 0 Å². The maximum absolute atomic E-state index is 13.5. The molecule has 0 heterocycles. The van der Waals surface area contributed by atoms with Gasteiger partial charge in [-0.05, 0) is 54.7 Å². The largest absolute Gasteiger partial charge is 0.508 e. The van der Waals surface area contributed by atoms with Gasteiger partial charge in [0.1, 0.15) is 22.8 Å². The Kier molecular flexibility index (Phi) is 4.50. The molecular weight excluding hydrogens is 414 g/mol. The number of benzene rings is 1. The number of rotatable bonds is 2. The zero-order chi connectivity index (χ0) is 22.9. The van der Waals surface area contributed by atoms with Crippen LogP contribution in [-0.4, -0.2) is 43.5 Å². The number of hydrogen-bond acceptors (Lipinski definition) is 7. The lowest BCUT2D eigenvalue weighted by Gasteiger charge is -2.46. The molecule has 2 saturated carbocycles. The smallest absolute Gasteiger partial charge is 0.255 e. The van der Waals surface area contributed by atoms with E-state index in [9.17, 15) is 34.8 Å². The third kappa shape index (κ3) is 2.62. The number of fused-ring (bicyclic) bond motifs is 3. The third-order valence-corrected chi connectivity index (χ3v) is 7.78. The number of aliphatic hydroxyl groups excluding tert-OH is 2. The summed E-state index contributed by atoms with van der Waals surface area (Å²) in [6, 6.07) is 3.39. The SMILES string of the molecule is NC(=O)C1=C(O)[C@@]2(O)C(=O)C3=C(O)c4c(O)ccc(C5CCCC5)c4C[C@H]3C[C@H]2CC1=O. The lowest BCUT2D eigenvalue weighted by molar-refractivity contribution is -0.147. The Labute approximate surface area is 184 Å². The average molecular weight is 439 g/mol. The first-order valence-corrected chi connectivity index (χ1v) is 11.0. The molecular formula is C24H25NO7. The second-order valence-corrected chi connectivity index (χ2v) is 9.42. The van der Waals surface area contributed by atoms with Crippen molar-refractivity contribution in [2.24, 2.45) is 17.6 Å². The van der Waals surface area contributed by atoms with E-state index in [2.05, 4.69) is 0 Å². The Bertz CT molecular complexity index is 1140. The van der Waals surface area contributed by atoms with E-state index in [0.717, 1.165) is 36.8 Å². The van der Waals surface area contributed by atoms with Crippen LogP contribution < -0.4 is 5.73 Å². The Balaban J connectivity index is 1.68. The lowest BCUT2D eigenvalue weighted by Crippen LogP contribution is -2.58. The molecule has 0 radical (unpaired) electrons. The number of ketones is 2. The van der Waals surface area contributed by atoms with Crippen molar-refractivity contribution in [3.05, 3.63) is 45.7 Å². The molecule has 168 valence electrons. The average Bonchev–Trinajstić information content (AvgIpc) is 3.25. The topological polar surface area (TPSA) is 158 Å². The van der Waals surface area contributed by atoms with E-state index in [-0.39, 0.29) is 29.7 Å². The van der Waals surface area contributed by atoms with Gasteiger partial charge >= 0.3 is 0 Å². The number of phenols is 1. The fourth-order valence-corrected chi connectivity index (χ4v) is 6.26. The van der Waals surface area contributed by atoms with Gasteiger partial charge in [-0.3, -0.25) is 14.4 Å². The number of amides is 1. The van der Waals surface area contributed by atoms with Gasteiger partial charge in [-0.2, -0.15) is 0 Å². The fraction of sp³-hybridized carbons (Fsp3) is 0.458. The van der Waals surface area contributed by atoms with Crippen LogP contribution in [0.3, 0.4) is 0 Å². The van der Waals surface area contributed by atoms with Gasteiger partial charge in [-0.15, -0.1) is 0 Å². The van der Waals surface area contributed by atoms with Crippen molar-refractivity contribution in [3.63, 3.8) is 0 Å². The van der Waals surface area contributed by atoms with Gasteiger partial charge in [-0.1, -0.05) is 18.9 Å². The molecule has 0 saturated heterocycles. The van der Waals surface area contributed by atoms with Crippen molar-refractivity contribution in [1.82, 2.24) is 0 Å². The third-order valence-electron chi connectivity index (χ3n) is 7.78. The quantitative estimate of drug-likeness (QED) is 0.441. The number of phenolic OH excluding ortho intramolecular Hbond substituents is 1. The summed E-state index contributed by atoms with van der Waals surface area (Å²) in [5, 5.41) is 43.5. The maximum atomic E-state index is 13.5. The maximum Gasteiger partial charge on any atom is 0.255 e. The fourth-order valence-electron chi connectivity index (χ4n) is 6.26. The zero-order valence-corrected chi connectivity index (χ0v) is 17.4. The highest BCUT2D eigenvalue weighted by Crippen LogP contribution is 2.53. The van der Waals surface area contributed by atoms with E-state index in [4.69, 9.17) is 5.73 Å². The molecule has 0 bridgehead atoms. The minimum atomic E-state index is -2.52. The van der Waals surface area contributed by atoms with Crippen molar-refractivity contribution in [2.45, 2.75) is 56.5 Å². The van der Waals surface area contributed by atoms with Crippen LogP contribution in [0.5, 0.6) is 5.75 Å². The Morgan fingerprint density at radius 3 is 2.38 bits per heavy atom. The van der Waals surface area contributed by atoms with Crippen LogP contribution in [0, 0.1) is 11.8 Å². The second kappa shape index (κ2) is 6.93. The number of nitrogens with two attached hydrogens (primary N) is 1. The first kappa shape index (κ1) is 20.8. The molecule has 0 aliphatic heterocycles. The summed E-state index contributed by atoms with van der Waals surface area (Å²) in [5.41, 5.74) is 3.83. The number of carbonyl (C=O) groups excluding carboxylic acids is 3. The molecule has 32 heavy (non-hydrogen) atoms. The molecule has 8 nitrogen and oxygen atoms in total. The van der Waals surface area contributed by atoms with Gasteiger partial charge in [0.15, 0.2) is 11.4 Å². The molecule has 0 spiro atoms. The van der Waals surface area contributed by atoms with E-state index in [0.29, 0.717) is 12.3 Å². The van der Waals surface area contributed by atoms with Crippen molar-refractivity contribution in [1.29, 1.82) is 0 Å². The Morgan fingerprint density at radius 2 is 1.72 bits per heavy atom. The molecule has 0 unspecified atom stereocenters. The monoisotopic (exact) mass is 439 g/mol. The Hall–Kier alpha value is -3.13. The summed E-state index contributed by atoms with van der Waals surface area (Å²) in [5.74, 6) is -5.65. The highest BCUT2D eigenvalue weighted by Gasteiger charge is 2.60. The van der Waals surface area contributed by atoms with Crippen LogP contribution in [0.25, 0.3) is 5.76 Å². The van der Waals surface area contributed by atoms with Gasteiger partial charge in [0.25, 0.3) is 5.91 Å². The summed E-state index contributed by atoms with van der Waals surface area (Å²) in [6.45, 7) is 0. The van der Waals surface area contributed by atoms with Crippen LogP contribution in [0.15, 0.2) is 29.0 Å². The van der Waals surface area contributed by atoms with Crippen LogP contribution in [-0.2, 0) is 20.8 Å². The standard InChI is InChI=1S/C24H25NO7/c25-23(31)19-16(27)9-12-7-11-8-14-13(10-3-1-2-4-10)5-6-15(26)18(14)20(28)17(11)21(29)24(12,32)22(19)30/h5-6,10-12,26,28,30,32H,1-4,7-9H2,(H2,25,31)/t11-,12+,24+/m1/s1. The molecule has 1 aromatic rings. The molecule has 5 rings (SSSR count). The highest BCUT2D eigenvalue weighted by atomic mass is 16.3. The summed E-state index contributed by atoms with van der Waals surface area (Å²) in [4.78, 5) is 37.6. The van der Waals surface area contributed by atoms with Crippen LogP contribution in [0.1, 0.15) is 61.1 Å². The summed E-state index contributed by atoms with van der Waals surface area (Å²) in [7, 11) is 0. The number of aliphatic hydroxyl groups is 3. The van der Waals surface area contributed by atoms with Crippen LogP contribution in [0.2, 0.25) is 0 Å². The Morgan fingerprint density at radius 1 is 1.03 bits per heavy atom. The van der Waals surface area contributed by atoms with Crippen molar-refractivity contribution in [3.8, 4) is 5.75 Å². The highest BCUT2D eigenvalue weighted by molar-refractivity contribution is 6.22. The van der Waals surface area contributed by atoms with Crippen molar-refractivity contribution < 1.29 is 34.8 Å². The van der Waals surface area contributed by atoms with Crippen molar-refractivity contribution in [2.75, 3.05) is 0 Å². The molecule has 4 aliphatic rings. The van der Waals surface area contributed by atoms with E-state index in [1.807, 2.05) is 6.07 Å². The molecule has 1 aromatic carbocycles. The van der Waals surface area contributed by atoms with E-state index < -0.39 is 52.0 Å². The minimum absolute atomic E-state index is 0.0974. The van der Waals surface area contributed by atoms with Gasteiger partial charge in [0.2, 0.25) is 5.78 Å². The molecule has 4 aliphatic carbocycles. The second-order valence-electron chi connectivity index (χ2n) is 9.42.